The van der Waals surface area contributed by atoms with E-state index in [-0.39, 0.29) is 17.7 Å². The molecule has 0 saturated carbocycles. The first-order chi connectivity index (χ1) is 12.6. The Kier molecular flexibility index (Phi) is 4.98. The van der Waals surface area contributed by atoms with Gasteiger partial charge in [-0.3, -0.25) is 9.59 Å². The van der Waals surface area contributed by atoms with Gasteiger partial charge in [0.05, 0.1) is 5.92 Å². The van der Waals surface area contributed by atoms with Crippen LogP contribution in [0.5, 0.6) is 0 Å². The number of nitrogens with zero attached hydrogens (tertiary/aromatic N) is 2. The largest absolute Gasteiger partial charge is 0.341 e. The maximum absolute atomic E-state index is 13.0. The van der Waals surface area contributed by atoms with Crippen LogP contribution in [0.1, 0.15) is 44.6 Å². The van der Waals surface area contributed by atoms with Crippen molar-refractivity contribution < 1.29 is 9.59 Å². The molecule has 0 aromatic heterocycles. The van der Waals surface area contributed by atoms with Gasteiger partial charge in [-0.25, -0.2) is 0 Å². The predicted octanol–water partition coefficient (Wildman–Crippen LogP) is 2.34. The molecule has 5 nitrogen and oxygen atoms in total. The van der Waals surface area contributed by atoms with Gasteiger partial charge in [-0.15, -0.1) is 0 Å². The van der Waals surface area contributed by atoms with E-state index in [4.69, 9.17) is 0 Å². The molecule has 3 aliphatic rings. The average molecular weight is 355 g/mol. The highest BCUT2D eigenvalue weighted by Crippen LogP contribution is 2.28. The molecule has 1 aromatic carbocycles. The van der Waals surface area contributed by atoms with Gasteiger partial charge in [-0.1, -0.05) is 25.5 Å². The summed E-state index contributed by atoms with van der Waals surface area (Å²) in [6.07, 6.45) is 5.94. The number of rotatable bonds is 4. The van der Waals surface area contributed by atoms with Crippen molar-refractivity contribution in [2.24, 2.45) is 5.92 Å². The molecule has 5 heteroatoms. The van der Waals surface area contributed by atoms with Crippen molar-refractivity contribution in [2.45, 2.75) is 57.5 Å². The lowest BCUT2D eigenvalue weighted by molar-refractivity contribution is -0.136. The summed E-state index contributed by atoms with van der Waals surface area (Å²) in [7, 11) is 0. The minimum Gasteiger partial charge on any atom is -0.341 e. The Balaban J connectivity index is 1.41. The number of benzene rings is 1. The lowest BCUT2D eigenvalue weighted by Crippen LogP contribution is -2.42. The van der Waals surface area contributed by atoms with E-state index in [0.29, 0.717) is 25.0 Å². The average Bonchev–Trinajstić information content (AvgIpc) is 3.18. The third-order valence-corrected chi connectivity index (χ3v) is 6.10. The highest BCUT2D eigenvalue weighted by molar-refractivity contribution is 6.00. The second kappa shape index (κ2) is 7.39. The summed E-state index contributed by atoms with van der Waals surface area (Å²) in [4.78, 5) is 29.3. The zero-order chi connectivity index (χ0) is 18.1. The quantitative estimate of drug-likeness (QED) is 0.902. The van der Waals surface area contributed by atoms with Gasteiger partial charge in [0.15, 0.2) is 0 Å². The number of hydrogen-bond donors (Lipinski definition) is 1. The second-order valence-electron chi connectivity index (χ2n) is 8.03. The second-order valence-corrected chi connectivity index (χ2v) is 8.03. The molecule has 2 amide bonds. The molecule has 0 aliphatic carbocycles. The summed E-state index contributed by atoms with van der Waals surface area (Å²) in [6, 6.07) is 9.23. The first-order valence-electron chi connectivity index (χ1n) is 10.1. The number of carbonyl (C=O) groups excluding carboxylic acids is 2. The van der Waals surface area contributed by atoms with Crippen molar-refractivity contribution in [1.29, 1.82) is 0 Å². The molecule has 3 saturated heterocycles. The van der Waals surface area contributed by atoms with E-state index < -0.39 is 0 Å². The molecule has 3 heterocycles. The highest BCUT2D eigenvalue weighted by Gasteiger charge is 2.39. The van der Waals surface area contributed by atoms with E-state index >= 15 is 0 Å². The lowest BCUT2D eigenvalue weighted by atomic mass is 10.0. The van der Waals surface area contributed by atoms with E-state index in [0.717, 1.165) is 44.5 Å². The summed E-state index contributed by atoms with van der Waals surface area (Å²) in [5.74, 6) is 0.0355. The number of carbonyl (C=O) groups is 2. The maximum Gasteiger partial charge on any atom is 0.228 e. The first-order valence-corrected chi connectivity index (χ1v) is 10.1. The van der Waals surface area contributed by atoms with Crippen LogP contribution in [0.15, 0.2) is 24.3 Å². The SMILES string of the molecule is CCCc1ccc(N2CC(C(=O)N3CCC4CCC(C3)N4)CC2=O)cc1. The Labute approximate surface area is 155 Å². The maximum atomic E-state index is 13.0. The van der Waals surface area contributed by atoms with E-state index in [1.165, 1.54) is 12.0 Å². The van der Waals surface area contributed by atoms with Crippen LogP contribution < -0.4 is 10.2 Å². The molecule has 2 bridgehead atoms. The molecule has 0 spiro atoms. The summed E-state index contributed by atoms with van der Waals surface area (Å²) in [5, 5.41) is 3.62. The monoisotopic (exact) mass is 355 g/mol. The molecule has 3 aliphatic heterocycles. The van der Waals surface area contributed by atoms with Crippen LogP contribution in [0, 0.1) is 5.92 Å². The van der Waals surface area contributed by atoms with Gasteiger partial charge in [0.25, 0.3) is 0 Å². The summed E-state index contributed by atoms with van der Waals surface area (Å²) in [5.41, 5.74) is 2.21. The Morgan fingerprint density at radius 2 is 1.88 bits per heavy atom. The van der Waals surface area contributed by atoms with Crippen LogP contribution in [-0.2, 0) is 16.0 Å². The third-order valence-electron chi connectivity index (χ3n) is 6.10. The van der Waals surface area contributed by atoms with Gasteiger partial charge in [-0.05, 0) is 43.4 Å². The Hall–Kier alpha value is -1.88. The van der Waals surface area contributed by atoms with Crippen LogP contribution in [0.4, 0.5) is 5.69 Å². The molecule has 4 rings (SSSR count). The molecule has 140 valence electrons. The molecule has 3 fully saturated rings. The Morgan fingerprint density at radius 3 is 2.65 bits per heavy atom. The number of nitrogens with one attached hydrogen (secondary N) is 1. The minimum atomic E-state index is -0.200. The number of anilines is 1. The summed E-state index contributed by atoms with van der Waals surface area (Å²) in [6.45, 7) is 4.30. The number of amides is 2. The first kappa shape index (κ1) is 17.5. The van der Waals surface area contributed by atoms with Crippen molar-refractivity contribution in [3.05, 3.63) is 29.8 Å². The fourth-order valence-corrected chi connectivity index (χ4v) is 4.66. The molecule has 1 aromatic rings. The minimum absolute atomic E-state index is 0.0704. The molecule has 26 heavy (non-hydrogen) atoms. The smallest absolute Gasteiger partial charge is 0.228 e. The van der Waals surface area contributed by atoms with Crippen LogP contribution in [0.25, 0.3) is 0 Å². The van der Waals surface area contributed by atoms with Crippen molar-refractivity contribution >= 4 is 17.5 Å². The van der Waals surface area contributed by atoms with Crippen molar-refractivity contribution in [3.63, 3.8) is 0 Å². The Bertz CT molecular complexity index is 672. The van der Waals surface area contributed by atoms with Gasteiger partial charge in [-0.2, -0.15) is 0 Å². The van der Waals surface area contributed by atoms with E-state index in [1.807, 2.05) is 17.0 Å². The van der Waals surface area contributed by atoms with Crippen molar-refractivity contribution in [3.8, 4) is 0 Å². The van der Waals surface area contributed by atoms with E-state index in [1.54, 1.807) is 4.90 Å². The van der Waals surface area contributed by atoms with Gasteiger partial charge < -0.3 is 15.1 Å². The van der Waals surface area contributed by atoms with Gasteiger partial charge in [0, 0.05) is 43.8 Å². The topological polar surface area (TPSA) is 52.7 Å². The number of likely N-dealkylation sites (tertiary alicyclic amines) is 1. The molecule has 3 unspecified atom stereocenters. The number of aryl methyl sites for hydroxylation is 1. The van der Waals surface area contributed by atoms with Gasteiger partial charge >= 0.3 is 0 Å². The van der Waals surface area contributed by atoms with Crippen molar-refractivity contribution in [1.82, 2.24) is 10.2 Å². The molecule has 3 atom stereocenters. The van der Waals surface area contributed by atoms with E-state index in [2.05, 4.69) is 24.4 Å². The van der Waals surface area contributed by atoms with Crippen LogP contribution >= 0.6 is 0 Å². The molecular weight excluding hydrogens is 326 g/mol. The molecule has 0 radical (unpaired) electrons. The molecular formula is C21H29N3O2. The van der Waals surface area contributed by atoms with Crippen LogP contribution in [0.3, 0.4) is 0 Å². The zero-order valence-electron chi connectivity index (χ0n) is 15.6. The fraction of sp³-hybridized carbons (Fsp3) is 0.619. The third kappa shape index (κ3) is 3.50. The normalized spacial score (nSPS) is 28.5. The number of hydrogen-bond acceptors (Lipinski definition) is 3. The van der Waals surface area contributed by atoms with Crippen LogP contribution in [0.2, 0.25) is 0 Å². The van der Waals surface area contributed by atoms with E-state index in [9.17, 15) is 9.59 Å². The summed E-state index contributed by atoms with van der Waals surface area (Å²) < 4.78 is 0. The standard InChI is InChI=1S/C21H29N3O2/c1-2-3-15-4-8-19(9-5-15)24-13-16(12-20(24)25)21(26)23-11-10-17-6-7-18(14-23)22-17/h4-5,8-9,16-18,22H,2-3,6-7,10-14H2,1H3. The fourth-order valence-electron chi connectivity index (χ4n) is 4.66. The van der Waals surface area contributed by atoms with Gasteiger partial charge in [0.1, 0.15) is 0 Å². The van der Waals surface area contributed by atoms with Crippen LogP contribution in [-0.4, -0.2) is 48.4 Å². The molecule has 1 N–H and O–H groups in total. The number of fused-ring (bicyclic) bond motifs is 2. The highest BCUT2D eigenvalue weighted by atomic mass is 16.2. The Morgan fingerprint density at radius 1 is 1.12 bits per heavy atom. The zero-order valence-corrected chi connectivity index (χ0v) is 15.6. The summed E-state index contributed by atoms with van der Waals surface area (Å²) >= 11 is 0. The van der Waals surface area contributed by atoms with Crippen molar-refractivity contribution in [2.75, 3.05) is 24.5 Å². The van der Waals surface area contributed by atoms with Gasteiger partial charge in [0.2, 0.25) is 11.8 Å². The lowest BCUT2D eigenvalue weighted by Gasteiger charge is -2.27. The predicted molar refractivity (Wildman–Crippen MR) is 102 cm³/mol.